The number of halogens is 3. The lowest BCUT2D eigenvalue weighted by Crippen LogP contribution is -2.50. The number of amides is 1. The van der Waals surface area contributed by atoms with Crippen LogP contribution in [0.1, 0.15) is 15.9 Å². The monoisotopic (exact) mass is 449 g/mol. The first-order valence-corrected chi connectivity index (χ1v) is 10.9. The number of piperazine rings is 1. The average Bonchev–Trinajstić information content (AvgIpc) is 2.78. The van der Waals surface area contributed by atoms with Crippen molar-refractivity contribution in [2.75, 3.05) is 26.2 Å². The van der Waals surface area contributed by atoms with E-state index in [1.165, 1.54) is 10.5 Å². The summed E-state index contributed by atoms with van der Waals surface area (Å²) in [6, 6.07) is 10.8. The van der Waals surface area contributed by atoms with E-state index in [1.807, 2.05) is 24.3 Å². The zero-order valence-corrected chi connectivity index (χ0v) is 17.0. The second kappa shape index (κ2) is 7.93. The molecule has 0 radical (unpaired) electrons. The summed E-state index contributed by atoms with van der Waals surface area (Å²) in [7, 11) is -3.96. The third-order valence-electron chi connectivity index (χ3n) is 5.24. The first kappa shape index (κ1) is 21.3. The summed E-state index contributed by atoms with van der Waals surface area (Å²) >= 11 is 0. The van der Waals surface area contributed by atoms with Crippen molar-refractivity contribution in [2.24, 2.45) is 0 Å². The molecular weight excluding hydrogens is 431 g/mol. The molecule has 0 aliphatic carbocycles. The summed E-state index contributed by atoms with van der Waals surface area (Å²) in [6.45, 7) is 0.435. The van der Waals surface area contributed by atoms with E-state index >= 15 is 0 Å². The lowest BCUT2D eigenvalue weighted by molar-refractivity contribution is -0.137. The molecule has 1 aliphatic heterocycles. The Morgan fingerprint density at radius 3 is 2.19 bits per heavy atom. The van der Waals surface area contributed by atoms with E-state index in [4.69, 9.17) is 0 Å². The van der Waals surface area contributed by atoms with Crippen LogP contribution < -0.4 is 0 Å². The average molecular weight is 449 g/mol. The highest BCUT2D eigenvalue weighted by molar-refractivity contribution is 7.89. The summed E-state index contributed by atoms with van der Waals surface area (Å²) in [5.74, 6) is -0.240. The van der Waals surface area contributed by atoms with Crippen LogP contribution in [0.2, 0.25) is 0 Å². The molecule has 31 heavy (non-hydrogen) atoms. The summed E-state index contributed by atoms with van der Waals surface area (Å²) < 4.78 is 65.0. The van der Waals surface area contributed by atoms with Gasteiger partial charge in [-0.05, 0) is 29.7 Å². The maximum Gasteiger partial charge on any atom is 0.416 e. The van der Waals surface area contributed by atoms with Crippen molar-refractivity contribution >= 4 is 26.7 Å². The molecule has 1 aromatic heterocycles. The van der Waals surface area contributed by atoms with E-state index in [9.17, 15) is 26.4 Å². The van der Waals surface area contributed by atoms with Gasteiger partial charge in [0.2, 0.25) is 10.0 Å². The molecule has 2 aromatic carbocycles. The van der Waals surface area contributed by atoms with Gasteiger partial charge in [0.1, 0.15) is 0 Å². The number of aromatic nitrogens is 1. The van der Waals surface area contributed by atoms with Crippen LogP contribution in [0.25, 0.3) is 10.8 Å². The molecule has 0 unspecified atom stereocenters. The molecule has 0 atom stereocenters. The van der Waals surface area contributed by atoms with Crippen LogP contribution in [0.5, 0.6) is 0 Å². The van der Waals surface area contributed by atoms with Crippen molar-refractivity contribution in [2.45, 2.75) is 11.1 Å². The predicted molar refractivity (Wildman–Crippen MR) is 108 cm³/mol. The Balaban J connectivity index is 1.48. The van der Waals surface area contributed by atoms with E-state index in [0.717, 1.165) is 35.0 Å². The van der Waals surface area contributed by atoms with Crippen LogP contribution >= 0.6 is 0 Å². The molecule has 162 valence electrons. The van der Waals surface area contributed by atoms with Crippen molar-refractivity contribution < 1.29 is 26.4 Å². The Morgan fingerprint density at radius 2 is 1.55 bits per heavy atom. The number of rotatable bonds is 3. The van der Waals surface area contributed by atoms with Gasteiger partial charge in [0.25, 0.3) is 5.91 Å². The van der Waals surface area contributed by atoms with Crippen molar-refractivity contribution in [1.82, 2.24) is 14.2 Å². The fraction of sp³-hybridized carbons (Fsp3) is 0.238. The standard InChI is InChI=1S/C21H18F3N3O3S/c22-21(23,24)16-5-7-17(8-6-16)31(29,30)27-11-9-26(10-12-27)20(28)19-14-25-13-15-3-1-2-4-18(15)19/h1-8,13-14H,9-12H2. The number of carbonyl (C=O) groups excluding carboxylic acids is 1. The third kappa shape index (κ3) is 4.13. The summed E-state index contributed by atoms with van der Waals surface area (Å²) in [5.41, 5.74) is -0.470. The largest absolute Gasteiger partial charge is 0.416 e. The van der Waals surface area contributed by atoms with Gasteiger partial charge >= 0.3 is 6.18 Å². The lowest BCUT2D eigenvalue weighted by atomic mass is 10.1. The van der Waals surface area contributed by atoms with E-state index in [1.54, 1.807) is 11.1 Å². The molecule has 10 heteroatoms. The van der Waals surface area contributed by atoms with E-state index < -0.39 is 21.8 Å². The zero-order valence-electron chi connectivity index (χ0n) is 16.2. The van der Waals surface area contributed by atoms with Gasteiger partial charge in [-0.1, -0.05) is 24.3 Å². The molecule has 0 N–H and O–H groups in total. The SMILES string of the molecule is O=C(c1cncc2ccccc12)N1CCN(S(=O)(=O)c2ccc(C(F)(F)F)cc2)CC1. The number of carbonyl (C=O) groups is 1. The molecule has 2 heterocycles. The third-order valence-corrected chi connectivity index (χ3v) is 7.16. The Labute approximate surface area is 177 Å². The molecule has 1 fully saturated rings. The number of nitrogens with zero attached hydrogens (tertiary/aromatic N) is 3. The summed E-state index contributed by atoms with van der Waals surface area (Å²) in [5, 5.41) is 1.60. The molecule has 1 saturated heterocycles. The van der Waals surface area contributed by atoms with E-state index in [-0.39, 0.29) is 37.0 Å². The van der Waals surface area contributed by atoms with Gasteiger partial charge in [0, 0.05) is 44.0 Å². The summed E-state index contributed by atoms with van der Waals surface area (Å²) in [4.78, 5) is 18.4. The van der Waals surface area contributed by atoms with Crippen molar-refractivity contribution in [3.8, 4) is 0 Å². The minimum absolute atomic E-state index is 0.0489. The zero-order chi connectivity index (χ0) is 22.2. The van der Waals surface area contributed by atoms with E-state index in [2.05, 4.69) is 4.98 Å². The van der Waals surface area contributed by atoms with Crippen molar-refractivity contribution in [3.63, 3.8) is 0 Å². The number of sulfonamides is 1. The van der Waals surface area contributed by atoms with Gasteiger partial charge in [-0.3, -0.25) is 9.78 Å². The van der Waals surface area contributed by atoms with Gasteiger partial charge < -0.3 is 4.90 Å². The Morgan fingerprint density at radius 1 is 0.903 bits per heavy atom. The maximum absolute atomic E-state index is 13.0. The normalized spacial score (nSPS) is 15.9. The number of hydrogen-bond acceptors (Lipinski definition) is 4. The highest BCUT2D eigenvalue weighted by Gasteiger charge is 2.33. The first-order chi connectivity index (χ1) is 14.7. The van der Waals surface area contributed by atoms with Gasteiger partial charge in [0.15, 0.2) is 0 Å². The first-order valence-electron chi connectivity index (χ1n) is 9.47. The number of hydrogen-bond donors (Lipinski definition) is 0. The Hall–Kier alpha value is -2.98. The van der Waals surface area contributed by atoms with Gasteiger partial charge in [-0.25, -0.2) is 8.42 Å². The van der Waals surface area contributed by atoms with Crippen LogP contribution in [0.4, 0.5) is 13.2 Å². The van der Waals surface area contributed by atoms with E-state index in [0.29, 0.717) is 5.56 Å². The molecule has 6 nitrogen and oxygen atoms in total. The molecule has 3 aromatic rings. The summed E-state index contributed by atoms with van der Waals surface area (Å²) in [6.07, 6.45) is -1.37. The quantitative estimate of drug-likeness (QED) is 0.615. The molecule has 0 bridgehead atoms. The molecule has 4 rings (SSSR count). The lowest BCUT2D eigenvalue weighted by Gasteiger charge is -2.34. The van der Waals surface area contributed by atoms with Gasteiger partial charge in [-0.2, -0.15) is 17.5 Å². The van der Waals surface area contributed by atoms with Crippen LogP contribution in [0.3, 0.4) is 0 Å². The minimum atomic E-state index is -4.54. The Bertz CT molecular complexity index is 1210. The van der Waals surface area contributed by atoms with Gasteiger partial charge in [0.05, 0.1) is 16.0 Å². The highest BCUT2D eigenvalue weighted by atomic mass is 32.2. The predicted octanol–water partition coefficient (Wildman–Crippen LogP) is 3.40. The Kier molecular flexibility index (Phi) is 5.44. The number of pyridine rings is 1. The van der Waals surface area contributed by atoms with Crippen LogP contribution in [0, 0.1) is 0 Å². The molecular formula is C21H18F3N3O3S. The fourth-order valence-corrected chi connectivity index (χ4v) is 4.98. The van der Waals surface area contributed by atoms with Crippen LogP contribution in [-0.2, 0) is 16.2 Å². The topological polar surface area (TPSA) is 70.6 Å². The minimum Gasteiger partial charge on any atom is -0.336 e. The second-order valence-electron chi connectivity index (χ2n) is 7.13. The second-order valence-corrected chi connectivity index (χ2v) is 9.06. The number of fused-ring (bicyclic) bond motifs is 1. The fourth-order valence-electron chi connectivity index (χ4n) is 3.55. The molecule has 0 spiro atoms. The molecule has 1 aliphatic rings. The molecule has 0 saturated carbocycles. The van der Waals surface area contributed by atoms with Gasteiger partial charge in [-0.15, -0.1) is 0 Å². The van der Waals surface area contributed by atoms with Crippen molar-refractivity contribution in [1.29, 1.82) is 0 Å². The number of alkyl halides is 3. The molecule has 1 amide bonds. The van der Waals surface area contributed by atoms with Crippen molar-refractivity contribution in [3.05, 3.63) is 72.1 Å². The smallest absolute Gasteiger partial charge is 0.336 e. The maximum atomic E-state index is 13.0. The highest BCUT2D eigenvalue weighted by Crippen LogP contribution is 2.30. The van der Waals surface area contributed by atoms with Crippen LogP contribution in [-0.4, -0.2) is 54.7 Å². The number of benzene rings is 2. The van der Waals surface area contributed by atoms with Crippen LogP contribution in [0.15, 0.2) is 65.8 Å².